The predicted octanol–water partition coefficient (Wildman–Crippen LogP) is 6.72. The van der Waals surface area contributed by atoms with Crippen LogP contribution < -0.4 is 0 Å². The first kappa shape index (κ1) is 29.8. The molecular weight excluding hydrogens is 504 g/mol. The first-order chi connectivity index (χ1) is 18.7. The Balaban J connectivity index is 0.000000161. The van der Waals surface area contributed by atoms with E-state index in [0.717, 1.165) is 70.6 Å². The maximum Gasteiger partial charge on any atom is 0.311 e. The van der Waals surface area contributed by atoms with Gasteiger partial charge >= 0.3 is 11.9 Å². The van der Waals surface area contributed by atoms with Crippen LogP contribution in [0.1, 0.15) is 119 Å². The van der Waals surface area contributed by atoms with Crippen molar-refractivity contribution in [3.8, 4) is 0 Å². The van der Waals surface area contributed by atoms with Gasteiger partial charge in [-0.15, -0.1) is 0 Å². The number of hydrogen-bond acceptors (Lipinski definition) is 6. The molecule has 0 amide bonds. The van der Waals surface area contributed by atoms with E-state index in [1.807, 2.05) is 41.5 Å². The summed E-state index contributed by atoms with van der Waals surface area (Å²) in [4.78, 5) is 49.1. The van der Waals surface area contributed by atoms with Crippen molar-refractivity contribution < 1.29 is 28.7 Å². The topological polar surface area (TPSA) is 86.7 Å². The zero-order valence-corrected chi connectivity index (χ0v) is 25.8. The van der Waals surface area contributed by atoms with Crippen molar-refractivity contribution >= 4 is 23.5 Å². The van der Waals surface area contributed by atoms with Crippen molar-refractivity contribution in [2.75, 3.05) is 13.2 Å². The van der Waals surface area contributed by atoms with E-state index in [1.54, 1.807) is 0 Å². The Kier molecular flexibility index (Phi) is 7.83. The number of carbonyl (C=O) groups excluding carboxylic acids is 4. The number of rotatable bonds is 8. The van der Waals surface area contributed by atoms with Crippen LogP contribution >= 0.6 is 0 Å². The van der Waals surface area contributed by atoms with E-state index >= 15 is 0 Å². The summed E-state index contributed by atoms with van der Waals surface area (Å²) in [5.74, 6) is 3.54. The number of Topliss-reactive ketones (excluding diaryl/α,β-unsaturated/α-hetero) is 2. The Hall–Kier alpha value is -1.72. The fourth-order valence-corrected chi connectivity index (χ4v) is 9.31. The van der Waals surface area contributed by atoms with Gasteiger partial charge in [-0.3, -0.25) is 19.2 Å². The number of esters is 2. The van der Waals surface area contributed by atoms with Crippen molar-refractivity contribution in [1.82, 2.24) is 0 Å². The van der Waals surface area contributed by atoms with Crippen LogP contribution in [0.2, 0.25) is 0 Å². The molecule has 4 unspecified atom stereocenters. The van der Waals surface area contributed by atoms with Crippen LogP contribution in [0.25, 0.3) is 0 Å². The van der Waals surface area contributed by atoms with Crippen molar-refractivity contribution in [3.05, 3.63) is 0 Å². The van der Waals surface area contributed by atoms with Gasteiger partial charge in [0.15, 0.2) is 0 Å². The van der Waals surface area contributed by atoms with Gasteiger partial charge in [0.05, 0.1) is 22.9 Å². The second-order valence-electron chi connectivity index (χ2n) is 16.1. The fourth-order valence-electron chi connectivity index (χ4n) is 9.31. The maximum atomic E-state index is 12.6. The maximum absolute atomic E-state index is 12.6. The van der Waals surface area contributed by atoms with Gasteiger partial charge in [0, 0.05) is 23.2 Å². The lowest BCUT2D eigenvalue weighted by Crippen LogP contribution is -2.55. The minimum atomic E-state index is -0.439. The second kappa shape index (κ2) is 10.5. The van der Waals surface area contributed by atoms with Crippen LogP contribution in [0.15, 0.2) is 0 Å². The molecule has 8 saturated carbocycles. The molecule has 0 saturated heterocycles. The number of hydrogen-bond donors (Lipinski definition) is 0. The first-order valence-electron chi connectivity index (χ1n) is 16.1. The van der Waals surface area contributed by atoms with Gasteiger partial charge in [0.1, 0.15) is 18.2 Å². The lowest BCUT2D eigenvalue weighted by atomic mass is 9.49. The molecule has 0 aromatic rings. The summed E-state index contributed by atoms with van der Waals surface area (Å²) in [5.41, 5.74) is -1.04. The SMILES string of the molecule is CCC(C)(C)C(=O)OCC12CC3CC(C1)C(=O)C(C3)C2.CCC(C)(C)C(=O)OCC12CC3CC(CC(C3)C1=O)C2. The van der Waals surface area contributed by atoms with Gasteiger partial charge in [0.25, 0.3) is 0 Å². The summed E-state index contributed by atoms with van der Waals surface area (Å²) in [5, 5.41) is 0. The predicted molar refractivity (Wildman–Crippen MR) is 152 cm³/mol. The highest BCUT2D eigenvalue weighted by atomic mass is 16.5. The molecule has 0 aromatic carbocycles. The zero-order chi connectivity index (χ0) is 29.1. The minimum absolute atomic E-state index is 0.0814. The van der Waals surface area contributed by atoms with Crippen LogP contribution in [0.3, 0.4) is 0 Å². The Morgan fingerprint density at radius 1 is 0.675 bits per heavy atom. The Labute approximate surface area is 241 Å². The van der Waals surface area contributed by atoms with Crippen molar-refractivity contribution in [2.45, 2.75) is 119 Å². The normalized spacial score (nSPS) is 39.1. The van der Waals surface area contributed by atoms with Crippen molar-refractivity contribution in [1.29, 1.82) is 0 Å². The molecule has 0 aromatic heterocycles. The van der Waals surface area contributed by atoms with E-state index in [1.165, 1.54) is 6.42 Å². The van der Waals surface area contributed by atoms with E-state index in [9.17, 15) is 19.2 Å². The van der Waals surface area contributed by atoms with E-state index in [4.69, 9.17) is 9.47 Å². The molecule has 8 aliphatic carbocycles. The molecule has 8 bridgehead atoms. The highest BCUT2D eigenvalue weighted by molar-refractivity contribution is 5.89. The lowest BCUT2D eigenvalue weighted by molar-refractivity contribution is -0.172. The number of ether oxygens (including phenoxy) is 2. The lowest BCUT2D eigenvalue weighted by Gasteiger charge is -2.55. The molecule has 0 spiro atoms. The molecule has 0 heterocycles. The highest BCUT2D eigenvalue weighted by Gasteiger charge is 2.58. The number of ketones is 2. The largest absolute Gasteiger partial charge is 0.465 e. The second-order valence-corrected chi connectivity index (χ2v) is 16.1. The molecular formula is C34H52O6. The molecule has 8 fully saturated rings. The van der Waals surface area contributed by atoms with Crippen LogP contribution in [0.5, 0.6) is 0 Å². The summed E-state index contributed by atoms with van der Waals surface area (Å²) in [6, 6.07) is 0. The monoisotopic (exact) mass is 556 g/mol. The van der Waals surface area contributed by atoms with E-state index in [-0.39, 0.29) is 40.5 Å². The third-order valence-electron chi connectivity index (χ3n) is 12.1. The quantitative estimate of drug-likeness (QED) is 0.308. The van der Waals surface area contributed by atoms with Crippen molar-refractivity contribution in [2.24, 2.45) is 57.2 Å². The van der Waals surface area contributed by atoms with Crippen molar-refractivity contribution in [3.63, 3.8) is 0 Å². The Bertz CT molecular complexity index is 1000. The summed E-state index contributed by atoms with van der Waals surface area (Å²) >= 11 is 0. The molecule has 8 aliphatic rings. The van der Waals surface area contributed by atoms with Crippen LogP contribution in [-0.2, 0) is 28.7 Å². The summed E-state index contributed by atoms with van der Waals surface area (Å²) < 4.78 is 11.3. The van der Waals surface area contributed by atoms with Crippen LogP contribution in [-0.4, -0.2) is 36.7 Å². The molecule has 6 nitrogen and oxygen atoms in total. The van der Waals surface area contributed by atoms with E-state index in [2.05, 4.69) is 0 Å². The molecule has 40 heavy (non-hydrogen) atoms. The minimum Gasteiger partial charge on any atom is -0.465 e. The average molecular weight is 557 g/mol. The average Bonchev–Trinajstić information content (AvgIpc) is 2.91. The van der Waals surface area contributed by atoms with Gasteiger partial charge in [-0.05, 0) is 122 Å². The van der Waals surface area contributed by atoms with E-state index < -0.39 is 10.8 Å². The molecule has 4 atom stereocenters. The van der Waals surface area contributed by atoms with E-state index in [0.29, 0.717) is 42.5 Å². The third-order valence-corrected chi connectivity index (χ3v) is 12.1. The van der Waals surface area contributed by atoms with Gasteiger partial charge in [-0.1, -0.05) is 13.8 Å². The number of carbonyl (C=O) groups is 4. The van der Waals surface area contributed by atoms with Gasteiger partial charge in [-0.25, -0.2) is 0 Å². The van der Waals surface area contributed by atoms with Crippen LogP contribution in [0, 0.1) is 57.2 Å². The molecule has 0 N–H and O–H groups in total. The highest BCUT2D eigenvalue weighted by Crippen LogP contribution is 2.59. The molecule has 224 valence electrons. The summed E-state index contributed by atoms with van der Waals surface area (Å²) in [7, 11) is 0. The van der Waals surface area contributed by atoms with Crippen LogP contribution in [0.4, 0.5) is 0 Å². The summed E-state index contributed by atoms with van der Waals surface area (Å²) in [6.07, 6.45) is 12.2. The fraction of sp³-hybridized carbons (Fsp3) is 0.882. The zero-order valence-electron chi connectivity index (χ0n) is 25.8. The Morgan fingerprint density at radius 2 is 1.12 bits per heavy atom. The molecule has 0 aliphatic heterocycles. The first-order valence-corrected chi connectivity index (χ1v) is 16.1. The Morgan fingerprint density at radius 3 is 1.62 bits per heavy atom. The standard InChI is InChI=1S/2C17H26O3/c1-4-16(2,3)15(19)20-10-17-8-11-5-12(9-17)7-13(6-11)14(17)18;1-4-16(2,3)15(19)20-10-17-7-11-5-12(8-17)14(18)13(6-11)9-17/h2*11-13H,4-10H2,1-3H3. The molecule has 0 radical (unpaired) electrons. The van der Waals surface area contributed by atoms with Gasteiger partial charge in [0.2, 0.25) is 0 Å². The molecule has 8 rings (SSSR count). The summed E-state index contributed by atoms with van der Waals surface area (Å²) in [6.45, 7) is 12.6. The third kappa shape index (κ3) is 5.42. The van der Waals surface area contributed by atoms with Gasteiger partial charge < -0.3 is 9.47 Å². The van der Waals surface area contributed by atoms with Gasteiger partial charge in [-0.2, -0.15) is 0 Å². The smallest absolute Gasteiger partial charge is 0.311 e. The molecule has 6 heteroatoms.